The fourth-order valence-corrected chi connectivity index (χ4v) is 3.66. The molecule has 1 atom stereocenters. The lowest BCUT2D eigenvalue weighted by atomic mass is 9.90. The van der Waals surface area contributed by atoms with Gasteiger partial charge in [0, 0.05) is 19.4 Å². The van der Waals surface area contributed by atoms with Gasteiger partial charge in [0.15, 0.2) is 10.7 Å². The third-order valence-corrected chi connectivity index (χ3v) is 5.28. The Balaban J connectivity index is 1.88. The van der Waals surface area contributed by atoms with E-state index in [0.29, 0.717) is 12.8 Å². The maximum absolute atomic E-state index is 13.5. The van der Waals surface area contributed by atoms with E-state index in [1.165, 1.54) is 0 Å². The number of hydrogen-bond donors (Lipinski definition) is 2. The van der Waals surface area contributed by atoms with Gasteiger partial charge in [-0.15, -0.1) is 0 Å². The predicted molar refractivity (Wildman–Crippen MR) is 86.1 cm³/mol. The summed E-state index contributed by atoms with van der Waals surface area (Å²) >= 11 is 0. The number of rotatable bonds is 6. The lowest BCUT2D eigenvalue weighted by Gasteiger charge is -2.23. The fourth-order valence-electron chi connectivity index (χ4n) is 2.50. The molecule has 0 bridgehead atoms. The molecule has 0 heterocycles. The van der Waals surface area contributed by atoms with Crippen molar-refractivity contribution >= 4 is 21.7 Å². The van der Waals surface area contributed by atoms with Crippen LogP contribution in [0.1, 0.15) is 25.7 Å². The van der Waals surface area contributed by atoms with Gasteiger partial charge in [0.05, 0.1) is 6.04 Å². The second-order valence-corrected chi connectivity index (χ2v) is 7.45. The number of carbonyl (C=O) groups excluding carboxylic acids is 2. The number of allylic oxidation sites excluding steroid dienone is 1. The van der Waals surface area contributed by atoms with E-state index < -0.39 is 38.5 Å². The van der Waals surface area contributed by atoms with Crippen LogP contribution in [0.15, 0.2) is 35.2 Å². The minimum Gasteiger partial charge on any atom is -0.346 e. The van der Waals surface area contributed by atoms with Crippen LogP contribution in [0.4, 0.5) is 8.78 Å². The zero-order chi connectivity index (χ0) is 18.6. The minimum absolute atomic E-state index is 0.140. The van der Waals surface area contributed by atoms with Gasteiger partial charge in [0.25, 0.3) is 0 Å². The number of sulfonamides is 1. The van der Waals surface area contributed by atoms with Gasteiger partial charge < -0.3 is 5.32 Å². The first-order chi connectivity index (χ1) is 11.7. The number of hydrogen-bond acceptors (Lipinski definition) is 4. The van der Waals surface area contributed by atoms with Gasteiger partial charge in [-0.25, -0.2) is 21.9 Å². The molecule has 1 aliphatic carbocycles. The maximum atomic E-state index is 13.5. The average molecular weight is 372 g/mol. The average Bonchev–Trinajstić information content (AvgIpc) is 2.49. The summed E-state index contributed by atoms with van der Waals surface area (Å²) in [5.41, 5.74) is 0.815. The Morgan fingerprint density at radius 2 is 1.92 bits per heavy atom. The van der Waals surface area contributed by atoms with Crippen molar-refractivity contribution in [1.82, 2.24) is 10.0 Å². The maximum Gasteiger partial charge on any atom is 0.246 e. The number of ketones is 1. The number of amides is 1. The Kier molecular flexibility index (Phi) is 6.02. The number of halogens is 2. The van der Waals surface area contributed by atoms with Crippen molar-refractivity contribution in [1.29, 1.82) is 0 Å². The first-order valence-corrected chi connectivity index (χ1v) is 9.11. The zero-order valence-electron chi connectivity index (χ0n) is 13.3. The van der Waals surface area contributed by atoms with Gasteiger partial charge in [-0.2, -0.15) is 0 Å². The molecule has 0 saturated heterocycles. The molecule has 0 spiro atoms. The molecule has 25 heavy (non-hydrogen) atoms. The highest BCUT2D eigenvalue weighted by Crippen LogP contribution is 2.19. The van der Waals surface area contributed by atoms with Crippen LogP contribution in [-0.4, -0.2) is 32.7 Å². The number of benzene rings is 1. The highest BCUT2D eigenvalue weighted by Gasteiger charge is 2.26. The molecule has 1 unspecified atom stereocenters. The highest BCUT2D eigenvalue weighted by atomic mass is 32.2. The van der Waals surface area contributed by atoms with Gasteiger partial charge in [-0.05, 0) is 25.0 Å². The second kappa shape index (κ2) is 7.83. The molecule has 0 aliphatic heterocycles. The van der Waals surface area contributed by atoms with Crippen LogP contribution < -0.4 is 10.0 Å². The Labute approximate surface area is 144 Å². The summed E-state index contributed by atoms with van der Waals surface area (Å²) in [4.78, 5) is 22.5. The zero-order valence-corrected chi connectivity index (χ0v) is 14.2. The third kappa shape index (κ3) is 4.93. The van der Waals surface area contributed by atoms with E-state index in [0.717, 1.165) is 23.8 Å². The molecule has 2 rings (SSSR count). The summed E-state index contributed by atoms with van der Waals surface area (Å²) < 4.78 is 52.9. The molecule has 2 N–H and O–H groups in total. The third-order valence-electron chi connectivity index (χ3n) is 3.77. The topological polar surface area (TPSA) is 92.3 Å². The van der Waals surface area contributed by atoms with E-state index in [4.69, 9.17) is 0 Å². The minimum atomic E-state index is -4.43. The van der Waals surface area contributed by atoms with Crippen molar-refractivity contribution in [3.63, 3.8) is 0 Å². The van der Waals surface area contributed by atoms with Crippen LogP contribution in [0.2, 0.25) is 0 Å². The lowest BCUT2D eigenvalue weighted by molar-refractivity contribution is -0.128. The summed E-state index contributed by atoms with van der Waals surface area (Å²) in [6.07, 6.45) is 1.04. The number of Topliss-reactive ketones (excluding diaryl/α,β-unsaturated/α-hetero) is 1. The Morgan fingerprint density at radius 1 is 1.28 bits per heavy atom. The molecule has 9 heteroatoms. The molecule has 136 valence electrons. The lowest BCUT2D eigenvalue weighted by Crippen LogP contribution is -2.43. The van der Waals surface area contributed by atoms with E-state index in [9.17, 15) is 26.8 Å². The molecule has 1 saturated carbocycles. The molecule has 1 amide bonds. The molecule has 1 aromatic rings. The van der Waals surface area contributed by atoms with Gasteiger partial charge in [-0.3, -0.25) is 9.59 Å². The van der Waals surface area contributed by atoms with E-state index in [1.54, 1.807) is 0 Å². The molecule has 1 fully saturated rings. The van der Waals surface area contributed by atoms with Crippen LogP contribution in [-0.2, 0) is 19.6 Å². The first kappa shape index (κ1) is 19.2. The van der Waals surface area contributed by atoms with Crippen molar-refractivity contribution in [2.45, 2.75) is 36.6 Å². The van der Waals surface area contributed by atoms with E-state index in [1.807, 2.05) is 4.72 Å². The molecular formula is C16H18F2N2O4S. The van der Waals surface area contributed by atoms with Crippen molar-refractivity contribution in [3.05, 3.63) is 42.0 Å². The van der Waals surface area contributed by atoms with Crippen molar-refractivity contribution < 1.29 is 26.8 Å². The molecule has 6 nitrogen and oxygen atoms in total. The number of carbonyl (C=O) groups is 2. The van der Waals surface area contributed by atoms with Gasteiger partial charge >= 0.3 is 0 Å². The van der Waals surface area contributed by atoms with Crippen molar-refractivity contribution in [2.24, 2.45) is 0 Å². The largest absolute Gasteiger partial charge is 0.346 e. The SMILES string of the molecule is C=C1CCC(NC(=O)CCNS(=O)(=O)c2c(F)cccc2F)C(=O)C1. The number of nitrogens with one attached hydrogen (secondary N) is 2. The first-order valence-electron chi connectivity index (χ1n) is 7.63. The Bertz CT molecular complexity index is 788. The van der Waals surface area contributed by atoms with E-state index >= 15 is 0 Å². The van der Waals surface area contributed by atoms with Gasteiger partial charge in [0.1, 0.15) is 11.6 Å². The molecule has 0 aromatic heterocycles. The van der Waals surface area contributed by atoms with Gasteiger partial charge in [0.2, 0.25) is 15.9 Å². The smallest absolute Gasteiger partial charge is 0.246 e. The van der Waals surface area contributed by atoms with E-state index in [-0.39, 0.29) is 25.2 Å². The monoisotopic (exact) mass is 372 g/mol. The standard InChI is InChI=1S/C16H18F2N2O4S/c1-10-5-6-13(14(21)9-10)20-15(22)7-8-19-25(23,24)16-11(17)3-2-4-12(16)18/h2-4,13,19H,1,5-9H2,(H,20,22). The molecule has 0 radical (unpaired) electrons. The Hall–Kier alpha value is -2.13. The molecule has 1 aliphatic rings. The highest BCUT2D eigenvalue weighted by molar-refractivity contribution is 7.89. The summed E-state index contributed by atoms with van der Waals surface area (Å²) in [7, 11) is -4.43. The molecule has 1 aromatic carbocycles. The fraction of sp³-hybridized carbons (Fsp3) is 0.375. The van der Waals surface area contributed by atoms with Crippen LogP contribution in [0.3, 0.4) is 0 Å². The van der Waals surface area contributed by atoms with Gasteiger partial charge in [-0.1, -0.05) is 18.2 Å². The van der Waals surface area contributed by atoms with Crippen LogP contribution in [0.5, 0.6) is 0 Å². The second-order valence-electron chi connectivity index (χ2n) is 5.75. The van der Waals surface area contributed by atoms with E-state index in [2.05, 4.69) is 11.9 Å². The molecular weight excluding hydrogens is 354 g/mol. The van der Waals surface area contributed by atoms with Crippen LogP contribution in [0, 0.1) is 11.6 Å². The quantitative estimate of drug-likeness (QED) is 0.739. The predicted octanol–water partition coefficient (Wildman–Crippen LogP) is 1.43. The van der Waals surface area contributed by atoms with Crippen molar-refractivity contribution in [2.75, 3.05) is 6.54 Å². The van der Waals surface area contributed by atoms with Crippen LogP contribution >= 0.6 is 0 Å². The summed E-state index contributed by atoms with van der Waals surface area (Å²) in [6.45, 7) is 3.37. The normalized spacial score (nSPS) is 18.2. The summed E-state index contributed by atoms with van der Waals surface area (Å²) in [5.74, 6) is -3.10. The summed E-state index contributed by atoms with van der Waals surface area (Å²) in [5, 5.41) is 2.53. The van der Waals surface area contributed by atoms with Crippen molar-refractivity contribution in [3.8, 4) is 0 Å². The Morgan fingerprint density at radius 3 is 2.52 bits per heavy atom. The van der Waals surface area contributed by atoms with Crippen LogP contribution in [0.25, 0.3) is 0 Å². The summed E-state index contributed by atoms with van der Waals surface area (Å²) in [6, 6.07) is 2.09.